The highest BCUT2D eigenvalue weighted by Crippen LogP contribution is 2.37. The minimum absolute atomic E-state index is 0.527. The summed E-state index contributed by atoms with van der Waals surface area (Å²) in [6.07, 6.45) is 0. The summed E-state index contributed by atoms with van der Waals surface area (Å²) in [4.78, 5) is 0. The monoisotopic (exact) mass is 404 g/mol. The predicted molar refractivity (Wildman–Crippen MR) is 94.4 cm³/mol. The lowest BCUT2D eigenvalue weighted by molar-refractivity contribution is 0.171. The third-order valence-corrected chi connectivity index (χ3v) is 5.10. The van der Waals surface area contributed by atoms with Gasteiger partial charge in [0.25, 0.3) is 5.22 Å². The number of ether oxygens (including phenoxy) is 2. The van der Waals surface area contributed by atoms with Gasteiger partial charge in [0.2, 0.25) is 5.89 Å². The SMILES string of the molecule is Brc1cc2c(cc1CSc1nnc(-c3ccccc3)o1)OCCO2. The zero-order valence-electron chi connectivity index (χ0n) is 12.6. The molecule has 0 fully saturated rings. The number of nitrogens with zero attached hydrogens (tertiary/aromatic N) is 2. The van der Waals surface area contributed by atoms with Gasteiger partial charge in [-0.05, 0) is 29.8 Å². The van der Waals surface area contributed by atoms with E-state index < -0.39 is 0 Å². The third kappa shape index (κ3) is 3.27. The summed E-state index contributed by atoms with van der Waals surface area (Å²) in [6.45, 7) is 1.16. The Balaban J connectivity index is 1.48. The Morgan fingerprint density at radius 1 is 1.00 bits per heavy atom. The summed E-state index contributed by atoms with van der Waals surface area (Å²) in [5.74, 6) is 2.76. The zero-order chi connectivity index (χ0) is 16.4. The van der Waals surface area contributed by atoms with E-state index in [1.165, 1.54) is 11.8 Å². The van der Waals surface area contributed by atoms with Gasteiger partial charge >= 0.3 is 0 Å². The number of benzene rings is 2. The standard InChI is InChI=1S/C17H13BrN2O3S/c18-13-9-15-14(21-6-7-22-15)8-12(13)10-24-17-20-19-16(23-17)11-4-2-1-3-5-11/h1-5,8-9H,6-7,10H2. The molecule has 1 aromatic heterocycles. The number of hydrogen-bond donors (Lipinski definition) is 0. The molecule has 0 spiro atoms. The van der Waals surface area contributed by atoms with Gasteiger partial charge in [-0.2, -0.15) is 0 Å². The number of halogens is 1. The Morgan fingerprint density at radius 2 is 1.75 bits per heavy atom. The van der Waals surface area contributed by atoms with Gasteiger partial charge in [-0.3, -0.25) is 0 Å². The van der Waals surface area contributed by atoms with Crippen molar-refractivity contribution in [2.45, 2.75) is 11.0 Å². The fraction of sp³-hybridized carbons (Fsp3) is 0.176. The highest BCUT2D eigenvalue weighted by Gasteiger charge is 2.16. The molecule has 3 aromatic rings. The summed E-state index contributed by atoms with van der Waals surface area (Å²) in [5, 5.41) is 8.73. The van der Waals surface area contributed by atoms with Crippen LogP contribution >= 0.6 is 27.7 Å². The Labute approximate surface area is 151 Å². The molecule has 0 N–H and O–H groups in total. The number of rotatable bonds is 4. The van der Waals surface area contributed by atoms with Gasteiger partial charge in [-0.15, -0.1) is 10.2 Å². The average Bonchev–Trinajstić information content (AvgIpc) is 3.10. The maximum Gasteiger partial charge on any atom is 0.277 e. The molecule has 2 heterocycles. The lowest BCUT2D eigenvalue weighted by Crippen LogP contribution is -2.15. The smallest absolute Gasteiger partial charge is 0.277 e. The van der Waals surface area contributed by atoms with E-state index in [4.69, 9.17) is 13.9 Å². The van der Waals surface area contributed by atoms with Gasteiger partial charge < -0.3 is 13.9 Å². The maximum atomic E-state index is 5.71. The molecule has 0 aliphatic carbocycles. The lowest BCUT2D eigenvalue weighted by atomic mass is 10.2. The number of thioether (sulfide) groups is 1. The van der Waals surface area contributed by atoms with Crippen LogP contribution in [0.5, 0.6) is 11.5 Å². The van der Waals surface area contributed by atoms with Crippen LogP contribution in [-0.4, -0.2) is 23.4 Å². The average molecular weight is 405 g/mol. The van der Waals surface area contributed by atoms with Gasteiger partial charge in [0.1, 0.15) is 13.2 Å². The zero-order valence-corrected chi connectivity index (χ0v) is 15.0. The van der Waals surface area contributed by atoms with E-state index in [0.29, 0.717) is 30.1 Å². The Bertz CT molecular complexity index is 854. The van der Waals surface area contributed by atoms with Crippen LogP contribution < -0.4 is 9.47 Å². The van der Waals surface area contributed by atoms with E-state index in [2.05, 4.69) is 26.1 Å². The lowest BCUT2D eigenvalue weighted by Gasteiger charge is -2.19. The predicted octanol–water partition coefficient (Wildman–Crippen LogP) is 4.56. The summed E-state index contributed by atoms with van der Waals surface area (Å²) in [7, 11) is 0. The molecule has 24 heavy (non-hydrogen) atoms. The second-order valence-corrected chi connectivity index (χ2v) is 6.90. The van der Waals surface area contributed by atoms with Crippen LogP contribution in [0.1, 0.15) is 5.56 Å². The van der Waals surface area contributed by atoms with Crippen LogP contribution in [0.25, 0.3) is 11.5 Å². The van der Waals surface area contributed by atoms with Crippen LogP contribution in [0.2, 0.25) is 0 Å². The van der Waals surface area contributed by atoms with Crippen molar-refractivity contribution in [3.8, 4) is 23.0 Å². The van der Waals surface area contributed by atoms with Crippen molar-refractivity contribution in [1.82, 2.24) is 10.2 Å². The summed E-state index contributed by atoms with van der Waals surface area (Å²) < 4.78 is 17.9. The second kappa shape index (κ2) is 6.86. The van der Waals surface area contributed by atoms with Crippen LogP contribution in [0.3, 0.4) is 0 Å². The molecule has 0 atom stereocenters. The molecule has 1 aliphatic heterocycles. The van der Waals surface area contributed by atoms with Crippen LogP contribution in [0, 0.1) is 0 Å². The minimum Gasteiger partial charge on any atom is -0.486 e. The van der Waals surface area contributed by atoms with Crippen molar-refractivity contribution < 1.29 is 13.9 Å². The van der Waals surface area contributed by atoms with Crippen LogP contribution in [0.4, 0.5) is 0 Å². The molecule has 0 radical (unpaired) electrons. The number of hydrogen-bond acceptors (Lipinski definition) is 6. The molecule has 4 rings (SSSR count). The summed E-state index contributed by atoms with van der Waals surface area (Å²) in [6, 6.07) is 13.7. The molecule has 0 bridgehead atoms. The molecule has 5 nitrogen and oxygen atoms in total. The van der Waals surface area contributed by atoms with E-state index >= 15 is 0 Å². The van der Waals surface area contributed by atoms with Crippen molar-refractivity contribution in [1.29, 1.82) is 0 Å². The molecule has 7 heteroatoms. The summed E-state index contributed by atoms with van der Waals surface area (Å²) in [5.41, 5.74) is 2.00. The van der Waals surface area contributed by atoms with Gasteiger partial charge in [-0.25, -0.2) is 0 Å². The Hall–Kier alpha value is -1.99. The van der Waals surface area contributed by atoms with Crippen molar-refractivity contribution in [2.75, 3.05) is 13.2 Å². The largest absolute Gasteiger partial charge is 0.486 e. The van der Waals surface area contributed by atoms with Crippen molar-refractivity contribution in [3.05, 3.63) is 52.5 Å². The van der Waals surface area contributed by atoms with Gasteiger partial charge in [0.05, 0.1) is 0 Å². The highest BCUT2D eigenvalue weighted by atomic mass is 79.9. The normalized spacial score (nSPS) is 13.0. The molecule has 2 aromatic carbocycles. The minimum atomic E-state index is 0.527. The van der Waals surface area contributed by atoms with E-state index in [-0.39, 0.29) is 0 Å². The first-order valence-corrected chi connectivity index (χ1v) is 9.17. The Morgan fingerprint density at radius 3 is 2.54 bits per heavy atom. The van der Waals surface area contributed by atoms with E-state index in [0.717, 1.165) is 27.1 Å². The van der Waals surface area contributed by atoms with Crippen molar-refractivity contribution in [3.63, 3.8) is 0 Å². The molecule has 0 amide bonds. The molecule has 122 valence electrons. The molecule has 1 aliphatic rings. The topological polar surface area (TPSA) is 57.4 Å². The van der Waals surface area contributed by atoms with Crippen LogP contribution in [0.15, 0.2) is 56.6 Å². The van der Waals surface area contributed by atoms with Crippen LogP contribution in [-0.2, 0) is 5.75 Å². The van der Waals surface area contributed by atoms with Crippen molar-refractivity contribution >= 4 is 27.7 Å². The number of aromatic nitrogens is 2. The summed E-state index contributed by atoms with van der Waals surface area (Å²) >= 11 is 5.06. The van der Waals surface area contributed by atoms with E-state index in [9.17, 15) is 0 Å². The van der Waals surface area contributed by atoms with Crippen molar-refractivity contribution in [2.24, 2.45) is 0 Å². The first kappa shape index (κ1) is 15.5. The van der Waals surface area contributed by atoms with E-state index in [1.54, 1.807) is 0 Å². The van der Waals surface area contributed by atoms with Gasteiger partial charge in [-0.1, -0.05) is 45.9 Å². The Kier molecular flexibility index (Phi) is 4.44. The first-order valence-electron chi connectivity index (χ1n) is 7.39. The third-order valence-electron chi connectivity index (χ3n) is 3.49. The first-order chi connectivity index (χ1) is 11.8. The highest BCUT2D eigenvalue weighted by molar-refractivity contribution is 9.10. The maximum absolute atomic E-state index is 5.71. The molecular formula is C17H13BrN2O3S. The molecule has 0 unspecified atom stereocenters. The molecule has 0 saturated heterocycles. The number of fused-ring (bicyclic) bond motifs is 1. The van der Waals surface area contributed by atoms with Gasteiger partial charge in [0.15, 0.2) is 11.5 Å². The van der Waals surface area contributed by atoms with Gasteiger partial charge in [0, 0.05) is 15.8 Å². The fourth-order valence-electron chi connectivity index (χ4n) is 2.32. The van der Waals surface area contributed by atoms with E-state index in [1.807, 2.05) is 42.5 Å². The second-order valence-electron chi connectivity index (χ2n) is 5.12. The fourth-order valence-corrected chi connectivity index (χ4v) is 3.72. The quantitative estimate of drug-likeness (QED) is 0.593. The molecular weight excluding hydrogens is 392 g/mol. The molecule has 0 saturated carbocycles.